The van der Waals surface area contributed by atoms with Crippen molar-refractivity contribution in [3.8, 4) is 0 Å². The summed E-state index contributed by atoms with van der Waals surface area (Å²) in [6.07, 6.45) is 17.2. The van der Waals surface area contributed by atoms with Crippen LogP contribution < -0.4 is 5.73 Å². The fourth-order valence-electron chi connectivity index (χ4n) is 3.43. The van der Waals surface area contributed by atoms with Gasteiger partial charge in [-0.3, -0.25) is 4.79 Å². The lowest BCUT2D eigenvalue weighted by Gasteiger charge is -2.22. The van der Waals surface area contributed by atoms with Gasteiger partial charge in [-0.15, -0.1) is 0 Å². The first-order chi connectivity index (χ1) is 11.2. The molecule has 3 N–H and O–H groups in total. The van der Waals surface area contributed by atoms with Crippen molar-refractivity contribution in [3.63, 3.8) is 0 Å². The maximum Gasteiger partial charge on any atom is 0.220 e. The molecule has 0 aromatic rings. The zero-order valence-corrected chi connectivity index (χ0v) is 15.7. The van der Waals surface area contributed by atoms with Crippen LogP contribution in [-0.2, 0) is 4.79 Å². The van der Waals surface area contributed by atoms with Gasteiger partial charge < -0.3 is 10.8 Å². The van der Waals surface area contributed by atoms with Crippen LogP contribution in [0.1, 0.15) is 104 Å². The maximum atomic E-state index is 11.6. The first kappa shape index (κ1) is 22.4. The summed E-state index contributed by atoms with van der Waals surface area (Å²) in [6, 6.07) is 0. The third-order valence-corrected chi connectivity index (χ3v) is 4.95. The molecule has 0 rings (SSSR count). The van der Waals surface area contributed by atoms with Gasteiger partial charge in [0.25, 0.3) is 0 Å². The first-order valence-electron chi connectivity index (χ1n) is 10.1. The lowest BCUT2D eigenvalue weighted by Crippen LogP contribution is -2.32. The van der Waals surface area contributed by atoms with Gasteiger partial charge in [-0.1, -0.05) is 90.9 Å². The van der Waals surface area contributed by atoms with E-state index in [1.807, 2.05) is 0 Å². The van der Waals surface area contributed by atoms with Crippen LogP contribution in [0.25, 0.3) is 0 Å². The molecule has 1 amide bonds. The van der Waals surface area contributed by atoms with Crippen LogP contribution in [0.2, 0.25) is 0 Å². The summed E-state index contributed by atoms with van der Waals surface area (Å²) in [5.74, 6) is -0.316. The molecular weight excluding hydrogens is 286 g/mol. The topological polar surface area (TPSA) is 63.3 Å². The monoisotopic (exact) mass is 327 g/mol. The number of primary amides is 1. The molecule has 0 saturated heterocycles. The molecule has 0 aromatic carbocycles. The van der Waals surface area contributed by atoms with Gasteiger partial charge in [0.15, 0.2) is 0 Å². The predicted molar refractivity (Wildman–Crippen MR) is 99.2 cm³/mol. The molecule has 138 valence electrons. The second kappa shape index (κ2) is 16.3. The molecule has 2 atom stereocenters. The summed E-state index contributed by atoms with van der Waals surface area (Å²) < 4.78 is 0. The molecule has 23 heavy (non-hydrogen) atoms. The quantitative estimate of drug-likeness (QED) is 0.361. The molecule has 0 bridgehead atoms. The highest BCUT2D eigenvalue weighted by Gasteiger charge is 2.24. The fraction of sp³-hybridized carbons (Fsp3) is 0.950. The minimum absolute atomic E-state index is 0.0561. The average molecular weight is 328 g/mol. The van der Waals surface area contributed by atoms with Crippen LogP contribution in [0.4, 0.5) is 0 Å². The SMILES string of the molecule is CCCCCCCCCCCCCC(C(N)=O)C(CO)CCC. The normalized spacial score (nSPS) is 13.9. The zero-order valence-electron chi connectivity index (χ0n) is 15.7. The van der Waals surface area contributed by atoms with E-state index in [1.165, 1.54) is 64.2 Å². The van der Waals surface area contributed by atoms with Crippen LogP contribution in [0.3, 0.4) is 0 Å². The van der Waals surface area contributed by atoms with Gasteiger partial charge in [-0.25, -0.2) is 0 Å². The molecule has 0 fully saturated rings. The Bertz CT molecular complexity index is 268. The van der Waals surface area contributed by atoms with E-state index in [2.05, 4.69) is 13.8 Å². The number of hydrogen-bond donors (Lipinski definition) is 2. The third-order valence-electron chi connectivity index (χ3n) is 4.95. The van der Waals surface area contributed by atoms with Gasteiger partial charge >= 0.3 is 0 Å². The van der Waals surface area contributed by atoms with Gasteiger partial charge in [-0.05, 0) is 18.8 Å². The number of carbonyl (C=O) groups is 1. The lowest BCUT2D eigenvalue weighted by molar-refractivity contribution is -0.124. The summed E-state index contributed by atoms with van der Waals surface area (Å²) >= 11 is 0. The van der Waals surface area contributed by atoms with Crippen molar-refractivity contribution in [1.82, 2.24) is 0 Å². The summed E-state index contributed by atoms with van der Waals surface area (Å²) in [5.41, 5.74) is 5.52. The Kier molecular flexibility index (Phi) is 15.9. The second-order valence-electron chi connectivity index (χ2n) is 7.06. The van der Waals surface area contributed by atoms with Gasteiger partial charge in [0, 0.05) is 12.5 Å². The fourth-order valence-corrected chi connectivity index (χ4v) is 3.43. The molecule has 2 unspecified atom stereocenters. The van der Waals surface area contributed by atoms with Gasteiger partial charge in [0.05, 0.1) is 0 Å². The number of amides is 1. The predicted octanol–water partition coefficient (Wildman–Crippen LogP) is 5.20. The van der Waals surface area contributed by atoms with E-state index in [-0.39, 0.29) is 24.3 Å². The van der Waals surface area contributed by atoms with E-state index in [9.17, 15) is 9.90 Å². The average Bonchev–Trinajstić information content (AvgIpc) is 2.54. The van der Waals surface area contributed by atoms with Gasteiger partial charge in [-0.2, -0.15) is 0 Å². The van der Waals surface area contributed by atoms with Crippen molar-refractivity contribution in [2.75, 3.05) is 6.61 Å². The van der Waals surface area contributed by atoms with Crippen molar-refractivity contribution in [3.05, 3.63) is 0 Å². The van der Waals surface area contributed by atoms with Crippen LogP contribution in [0.5, 0.6) is 0 Å². The van der Waals surface area contributed by atoms with Crippen molar-refractivity contribution in [1.29, 1.82) is 0 Å². The maximum absolute atomic E-state index is 11.6. The van der Waals surface area contributed by atoms with E-state index >= 15 is 0 Å². The number of hydrogen-bond acceptors (Lipinski definition) is 2. The van der Waals surface area contributed by atoms with Crippen LogP contribution in [-0.4, -0.2) is 17.6 Å². The highest BCUT2D eigenvalue weighted by Crippen LogP contribution is 2.23. The number of rotatable bonds is 17. The highest BCUT2D eigenvalue weighted by molar-refractivity contribution is 5.76. The molecule has 0 aromatic heterocycles. The largest absolute Gasteiger partial charge is 0.396 e. The summed E-state index contributed by atoms with van der Waals surface area (Å²) in [6.45, 7) is 4.43. The lowest BCUT2D eigenvalue weighted by atomic mass is 9.84. The molecule has 0 radical (unpaired) electrons. The van der Waals surface area contributed by atoms with Gasteiger partial charge in [0.2, 0.25) is 5.91 Å². The zero-order chi connectivity index (χ0) is 17.3. The van der Waals surface area contributed by atoms with Gasteiger partial charge in [0.1, 0.15) is 0 Å². The van der Waals surface area contributed by atoms with E-state index in [0.717, 1.165) is 25.7 Å². The number of unbranched alkanes of at least 4 members (excludes halogenated alkanes) is 10. The molecule has 3 heteroatoms. The second-order valence-corrected chi connectivity index (χ2v) is 7.06. The van der Waals surface area contributed by atoms with Crippen LogP contribution >= 0.6 is 0 Å². The van der Waals surface area contributed by atoms with Crippen LogP contribution in [0.15, 0.2) is 0 Å². The number of carbonyl (C=O) groups excluding carboxylic acids is 1. The Morgan fingerprint density at radius 1 is 0.783 bits per heavy atom. The highest BCUT2D eigenvalue weighted by atomic mass is 16.3. The Morgan fingerprint density at radius 3 is 1.65 bits per heavy atom. The Hall–Kier alpha value is -0.570. The smallest absolute Gasteiger partial charge is 0.220 e. The molecule has 0 heterocycles. The molecule has 3 nitrogen and oxygen atoms in total. The summed E-state index contributed by atoms with van der Waals surface area (Å²) in [4.78, 5) is 11.6. The molecular formula is C20H41NO2. The summed E-state index contributed by atoms with van der Waals surface area (Å²) in [7, 11) is 0. The van der Waals surface area contributed by atoms with Crippen molar-refractivity contribution < 1.29 is 9.90 Å². The molecule has 0 spiro atoms. The molecule has 0 saturated carbocycles. The van der Waals surface area contributed by atoms with E-state index in [0.29, 0.717) is 0 Å². The number of nitrogens with two attached hydrogens (primary N) is 1. The first-order valence-corrected chi connectivity index (χ1v) is 10.1. The van der Waals surface area contributed by atoms with E-state index in [4.69, 9.17) is 5.73 Å². The Morgan fingerprint density at radius 2 is 1.26 bits per heavy atom. The number of aliphatic hydroxyl groups excluding tert-OH is 1. The van der Waals surface area contributed by atoms with Crippen molar-refractivity contribution in [2.24, 2.45) is 17.6 Å². The van der Waals surface area contributed by atoms with Crippen LogP contribution in [0, 0.1) is 11.8 Å². The Labute approximate surface area is 144 Å². The summed E-state index contributed by atoms with van der Waals surface area (Å²) in [5, 5.41) is 9.45. The minimum Gasteiger partial charge on any atom is -0.396 e. The third kappa shape index (κ3) is 12.5. The molecule has 0 aliphatic rings. The van der Waals surface area contributed by atoms with E-state index in [1.54, 1.807) is 0 Å². The minimum atomic E-state index is -0.232. The standard InChI is InChI=1S/C20H41NO2/c1-3-5-6-7-8-9-10-11-12-13-14-16-19(20(21)23)18(17-22)15-4-2/h18-19,22H,3-17H2,1-2H3,(H2,21,23). The van der Waals surface area contributed by atoms with E-state index < -0.39 is 0 Å². The number of aliphatic hydroxyl groups is 1. The van der Waals surface area contributed by atoms with Crippen molar-refractivity contribution in [2.45, 2.75) is 104 Å². The Balaban J connectivity index is 3.61. The molecule has 0 aliphatic carbocycles. The van der Waals surface area contributed by atoms with Crippen molar-refractivity contribution >= 4 is 5.91 Å². The molecule has 0 aliphatic heterocycles.